The molecule has 0 atom stereocenters. The molecule has 0 aliphatic heterocycles. The molecule has 186 valence electrons. The average Bonchev–Trinajstić information content (AvgIpc) is 2.93. The molecule has 0 fully saturated rings. The Labute approximate surface area is 213 Å². The Morgan fingerprint density at radius 2 is 1.49 bits per heavy atom. The Hall–Kier alpha value is -5.18. The van der Waals surface area contributed by atoms with E-state index in [0.29, 0.717) is 28.4 Å². The number of hydrogen-bond donors (Lipinski definition) is 3. The number of carbonyl (C=O) groups is 3. The number of fused-ring (bicyclic) bond motifs is 1. The van der Waals surface area contributed by atoms with Crippen molar-refractivity contribution in [2.24, 2.45) is 5.10 Å². The van der Waals surface area contributed by atoms with Gasteiger partial charge in [-0.1, -0.05) is 48.5 Å². The molecule has 3 N–H and O–H groups in total. The van der Waals surface area contributed by atoms with Crippen molar-refractivity contribution in [3.63, 3.8) is 0 Å². The van der Waals surface area contributed by atoms with Crippen LogP contribution in [-0.4, -0.2) is 37.7 Å². The highest BCUT2D eigenvalue weighted by Crippen LogP contribution is 2.23. The summed E-state index contributed by atoms with van der Waals surface area (Å²) >= 11 is 0. The summed E-state index contributed by atoms with van der Waals surface area (Å²) in [6.07, 6.45) is 1.39. The summed E-state index contributed by atoms with van der Waals surface area (Å²) in [5.74, 6) is -1.03. The first kappa shape index (κ1) is 24.9. The lowest BCUT2D eigenvalue weighted by Crippen LogP contribution is -2.32. The van der Waals surface area contributed by atoms with Crippen molar-refractivity contribution in [3.8, 4) is 11.5 Å². The van der Waals surface area contributed by atoms with E-state index in [1.807, 2.05) is 36.4 Å². The van der Waals surface area contributed by atoms with Gasteiger partial charge in [-0.2, -0.15) is 5.10 Å². The highest BCUT2D eigenvalue weighted by molar-refractivity contribution is 6.40. The van der Waals surface area contributed by atoms with Gasteiger partial charge in [-0.05, 0) is 53.4 Å². The quantitative estimate of drug-likeness (QED) is 0.194. The fourth-order valence-electron chi connectivity index (χ4n) is 3.46. The van der Waals surface area contributed by atoms with Gasteiger partial charge in [-0.25, -0.2) is 5.43 Å². The minimum atomic E-state index is -0.898. The lowest BCUT2D eigenvalue weighted by atomic mass is 10.1. The first-order chi connectivity index (χ1) is 18.0. The Balaban J connectivity index is 1.25. The monoisotopic (exact) mass is 496 g/mol. The molecular formula is C28H24N4O5. The van der Waals surface area contributed by atoms with Gasteiger partial charge >= 0.3 is 11.8 Å². The molecule has 0 aromatic heterocycles. The fraction of sp³-hybridized carbons (Fsp3) is 0.0714. The van der Waals surface area contributed by atoms with Crippen molar-refractivity contribution in [3.05, 3.63) is 96.6 Å². The maximum absolute atomic E-state index is 12.3. The van der Waals surface area contributed by atoms with Gasteiger partial charge < -0.3 is 20.1 Å². The zero-order valence-corrected chi connectivity index (χ0v) is 19.9. The Morgan fingerprint density at radius 1 is 0.784 bits per heavy atom. The maximum Gasteiger partial charge on any atom is 0.329 e. The van der Waals surface area contributed by atoms with Crippen molar-refractivity contribution in [1.29, 1.82) is 0 Å². The molecule has 9 nitrogen and oxygen atoms in total. The molecule has 0 radical (unpaired) electrons. The maximum atomic E-state index is 12.3. The van der Waals surface area contributed by atoms with Gasteiger partial charge in [0, 0.05) is 11.1 Å². The lowest BCUT2D eigenvalue weighted by Gasteiger charge is -2.10. The van der Waals surface area contributed by atoms with Crippen molar-refractivity contribution in [1.82, 2.24) is 5.43 Å². The summed E-state index contributed by atoms with van der Waals surface area (Å²) < 4.78 is 10.7. The molecule has 0 bridgehead atoms. The second-order valence-electron chi connectivity index (χ2n) is 7.79. The minimum Gasteiger partial charge on any atom is -0.495 e. The van der Waals surface area contributed by atoms with Gasteiger partial charge in [0.05, 0.1) is 19.0 Å². The van der Waals surface area contributed by atoms with Crippen molar-refractivity contribution in [2.75, 3.05) is 24.4 Å². The minimum absolute atomic E-state index is 0.187. The van der Waals surface area contributed by atoms with Crippen LogP contribution in [0, 0.1) is 0 Å². The molecule has 4 rings (SSSR count). The zero-order valence-electron chi connectivity index (χ0n) is 19.9. The Bertz CT molecular complexity index is 1450. The van der Waals surface area contributed by atoms with Gasteiger partial charge in [0.25, 0.3) is 5.91 Å². The number of carbonyl (C=O) groups excluding carboxylic acids is 3. The number of hydrazone groups is 1. The number of amides is 3. The third-order valence-corrected chi connectivity index (χ3v) is 5.25. The molecule has 0 aliphatic carbocycles. The molecule has 0 spiro atoms. The predicted molar refractivity (Wildman–Crippen MR) is 142 cm³/mol. The van der Waals surface area contributed by atoms with E-state index in [2.05, 4.69) is 21.2 Å². The van der Waals surface area contributed by atoms with E-state index in [4.69, 9.17) is 9.47 Å². The number of rotatable bonds is 8. The summed E-state index contributed by atoms with van der Waals surface area (Å²) in [5.41, 5.74) is 3.95. The van der Waals surface area contributed by atoms with Crippen LogP contribution in [0.3, 0.4) is 0 Å². The molecule has 4 aromatic rings. The van der Waals surface area contributed by atoms with E-state index in [-0.39, 0.29) is 12.5 Å². The fourth-order valence-corrected chi connectivity index (χ4v) is 3.46. The second kappa shape index (κ2) is 12.0. The summed E-state index contributed by atoms with van der Waals surface area (Å²) in [5, 5.41) is 10.9. The average molecular weight is 497 g/mol. The molecular weight excluding hydrogens is 472 g/mol. The number of hydrogen-bond acceptors (Lipinski definition) is 6. The SMILES string of the molecule is COc1ccccc1NC(=O)COc1ccc(/C=N\NC(=O)C(=O)Nc2cccc3ccccc23)cc1. The van der Waals surface area contributed by atoms with E-state index in [1.165, 1.54) is 13.3 Å². The van der Waals surface area contributed by atoms with Gasteiger partial charge in [0.2, 0.25) is 0 Å². The highest BCUT2D eigenvalue weighted by Gasteiger charge is 2.14. The molecule has 0 aliphatic rings. The molecule has 0 saturated carbocycles. The number of para-hydroxylation sites is 2. The lowest BCUT2D eigenvalue weighted by molar-refractivity contribution is -0.136. The van der Waals surface area contributed by atoms with Crippen LogP contribution in [0.15, 0.2) is 96.1 Å². The summed E-state index contributed by atoms with van der Waals surface area (Å²) in [7, 11) is 1.53. The highest BCUT2D eigenvalue weighted by atomic mass is 16.5. The van der Waals surface area contributed by atoms with E-state index in [0.717, 1.165) is 10.8 Å². The van der Waals surface area contributed by atoms with Crippen LogP contribution in [0.1, 0.15) is 5.56 Å². The Kier molecular flexibility index (Phi) is 8.07. The van der Waals surface area contributed by atoms with Crippen LogP contribution in [0.5, 0.6) is 11.5 Å². The number of benzene rings is 4. The number of nitrogens with one attached hydrogen (secondary N) is 3. The number of anilines is 2. The van der Waals surface area contributed by atoms with Crippen LogP contribution in [0.2, 0.25) is 0 Å². The van der Waals surface area contributed by atoms with Crippen molar-refractivity contribution < 1.29 is 23.9 Å². The topological polar surface area (TPSA) is 118 Å². The normalized spacial score (nSPS) is 10.6. The standard InChI is InChI=1S/C28H24N4O5/c1-36-25-12-5-4-10-24(25)30-26(33)18-37-21-15-13-19(14-16-21)17-29-32-28(35)27(34)31-23-11-6-8-20-7-2-3-9-22(20)23/h2-17H,18H2,1H3,(H,30,33)(H,31,34)(H,32,35)/b29-17-. The van der Waals surface area contributed by atoms with E-state index < -0.39 is 11.8 Å². The van der Waals surface area contributed by atoms with Gasteiger partial charge in [0.15, 0.2) is 6.61 Å². The molecule has 4 aromatic carbocycles. The van der Waals surface area contributed by atoms with E-state index >= 15 is 0 Å². The summed E-state index contributed by atoms with van der Waals surface area (Å²) in [4.78, 5) is 36.6. The molecule has 37 heavy (non-hydrogen) atoms. The predicted octanol–water partition coefficient (Wildman–Crippen LogP) is 3.95. The van der Waals surface area contributed by atoms with Crippen molar-refractivity contribution in [2.45, 2.75) is 0 Å². The number of methoxy groups -OCH3 is 1. The zero-order chi connectivity index (χ0) is 26.0. The molecule has 3 amide bonds. The largest absolute Gasteiger partial charge is 0.495 e. The van der Waals surface area contributed by atoms with Crippen LogP contribution in [0.25, 0.3) is 10.8 Å². The first-order valence-electron chi connectivity index (χ1n) is 11.3. The second-order valence-corrected chi connectivity index (χ2v) is 7.79. The van der Waals surface area contributed by atoms with E-state index in [9.17, 15) is 14.4 Å². The van der Waals surface area contributed by atoms with Crippen LogP contribution in [0.4, 0.5) is 11.4 Å². The smallest absolute Gasteiger partial charge is 0.329 e. The Morgan fingerprint density at radius 3 is 2.30 bits per heavy atom. The van der Waals surface area contributed by atoms with Crippen LogP contribution >= 0.6 is 0 Å². The first-order valence-corrected chi connectivity index (χ1v) is 11.3. The van der Waals surface area contributed by atoms with Gasteiger partial charge in [0.1, 0.15) is 11.5 Å². The van der Waals surface area contributed by atoms with Gasteiger partial charge in [-0.3, -0.25) is 14.4 Å². The molecule has 0 unspecified atom stereocenters. The number of ether oxygens (including phenoxy) is 2. The summed E-state index contributed by atoms with van der Waals surface area (Å²) in [6, 6.07) is 26.8. The molecule has 0 heterocycles. The third kappa shape index (κ3) is 6.70. The van der Waals surface area contributed by atoms with Crippen LogP contribution < -0.4 is 25.5 Å². The van der Waals surface area contributed by atoms with Crippen molar-refractivity contribution >= 4 is 46.1 Å². The van der Waals surface area contributed by atoms with Crippen LogP contribution in [-0.2, 0) is 14.4 Å². The van der Waals surface area contributed by atoms with Gasteiger partial charge in [-0.15, -0.1) is 0 Å². The number of nitrogens with zero attached hydrogens (tertiary/aromatic N) is 1. The third-order valence-electron chi connectivity index (χ3n) is 5.25. The molecule has 9 heteroatoms. The molecule has 0 saturated heterocycles. The van der Waals surface area contributed by atoms with E-state index in [1.54, 1.807) is 54.6 Å². The summed E-state index contributed by atoms with van der Waals surface area (Å²) in [6.45, 7) is -0.187.